The predicted octanol–water partition coefficient (Wildman–Crippen LogP) is 3.94. The number of aromatic nitrogens is 3. The Balaban J connectivity index is 1.64. The molecular formula is C18H13F3N4O. The monoisotopic (exact) mass is 358 g/mol. The van der Waals surface area contributed by atoms with Gasteiger partial charge in [-0.25, -0.2) is 9.67 Å². The fourth-order valence-electron chi connectivity index (χ4n) is 2.17. The van der Waals surface area contributed by atoms with Crippen LogP contribution >= 0.6 is 0 Å². The van der Waals surface area contributed by atoms with Crippen LogP contribution in [0.5, 0.6) is 0 Å². The number of nitrogens with zero attached hydrogens (tertiary/aromatic N) is 3. The summed E-state index contributed by atoms with van der Waals surface area (Å²) >= 11 is 0. The van der Waals surface area contributed by atoms with Crippen LogP contribution in [0.1, 0.15) is 11.1 Å². The Morgan fingerprint density at radius 3 is 2.65 bits per heavy atom. The van der Waals surface area contributed by atoms with E-state index in [1.807, 2.05) is 0 Å². The number of hydrogen-bond donors (Lipinski definition) is 1. The number of benzene rings is 1. The van der Waals surface area contributed by atoms with E-state index in [9.17, 15) is 18.0 Å². The zero-order valence-electron chi connectivity index (χ0n) is 13.3. The minimum Gasteiger partial charge on any atom is -0.321 e. The molecule has 1 N–H and O–H groups in total. The van der Waals surface area contributed by atoms with E-state index in [2.05, 4.69) is 15.4 Å². The summed E-state index contributed by atoms with van der Waals surface area (Å²) in [5.41, 5.74) is -0.0276. The molecule has 26 heavy (non-hydrogen) atoms. The van der Waals surface area contributed by atoms with Crippen molar-refractivity contribution in [2.24, 2.45) is 0 Å². The van der Waals surface area contributed by atoms with E-state index in [0.29, 0.717) is 11.5 Å². The van der Waals surface area contributed by atoms with E-state index < -0.39 is 17.6 Å². The van der Waals surface area contributed by atoms with Gasteiger partial charge in [-0.15, -0.1) is 0 Å². The van der Waals surface area contributed by atoms with Crippen LogP contribution in [-0.4, -0.2) is 20.7 Å². The van der Waals surface area contributed by atoms with Gasteiger partial charge in [-0.05, 0) is 42.0 Å². The molecule has 0 aliphatic heterocycles. The van der Waals surface area contributed by atoms with Crippen molar-refractivity contribution >= 4 is 17.7 Å². The highest BCUT2D eigenvalue weighted by molar-refractivity contribution is 6.01. The first-order valence-electron chi connectivity index (χ1n) is 7.54. The minimum atomic E-state index is -4.42. The Kier molecular flexibility index (Phi) is 4.83. The average Bonchev–Trinajstić information content (AvgIpc) is 3.15. The third-order valence-electron chi connectivity index (χ3n) is 3.40. The molecule has 0 spiro atoms. The van der Waals surface area contributed by atoms with Crippen LogP contribution in [0.15, 0.2) is 67.1 Å². The van der Waals surface area contributed by atoms with E-state index in [0.717, 1.165) is 18.2 Å². The Labute approximate surface area is 146 Å². The molecule has 132 valence electrons. The Morgan fingerprint density at radius 2 is 2.00 bits per heavy atom. The fourth-order valence-corrected chi connectivity index (χ4v) is 2.17. The van der Waals surface area contributed by atoms with Crippen molar-refractivity contribution in [3.8, 4) is 5.82 Å². The molecule has 0 aliphatic rings. The molecule has 0 aliphatic carbocycles. The summed E-state index contributed by atoms with van der Waals surface area (Å²) in [7, 11) is 0. The van der Waals surface area contributed by atoms with Gasteiger partial charge in [-0.1, -0.05) is 12.1 Å². The van der Waals surface area contributed by atoms with Crippen molar-refractivity contribution in [1.82, 2.24) is 14.8 Å². The lowest BCUT2D eigenvalue weighted by molar-refractivity contribution is -0.137. The highest BCUT2D eigenvalue weighted by Gasteiger charge is 2.30. The molecule has 0 saturated carbocycles. The van der Waals surface area contributed by atoms with Crippen LogP contribution in [0, 0.1) is 0 Å². The molecule has 1 amide bonds. The number of carbonyl (C=O) groups excluding carboxylic acids is 1. The summed E-state index contributed by atoms with van der Waals surface area (Å²) in [5, 5.41) is 6.63. The lowest BCUT2D eigenvalue weighted by Gasteiger charge is -2.06. The lowest BCUT2D eigenvalue weighted by atomic mass is 10.1. The number of hydrogen-bond acceptors (Lipinski definition) is 3. The van der Waals surface area contributed by atoms with Crippen molar-refractivity contribution < 1.29 is 18.0 Å². The molecule has 0 saturated heterocycles. The summed E-state index contributed by atoms with van der Waals surface area (Å²) in [5.74, 6) is 0.114. The quantitative estimate of drug-likeness (QED) is 0.719. The molecule has 0 bridgehead atoms. The highest BCUT2D eigenvalue weighted by Crippen LogP contribution is 2.29. The Bertz CT molecular complexity index is 916. The molecule has 1 aromatic carbocycles. The van der Waals surface area contributed by atoms with Crippen molar-refractivity contribution in [1.29, 1.82) is 0 Å². The molecule has 0 fully saturated rings. The molecule has 2 heterocycles. The zero-order valence-corrected chi connectivity index (χ0v) is 13.3. The Morgan fingerprint density at radius 1 is 1.15 bits per heavy atom. The van der Waals surface area contributed by atoms with Gasteiger partial charge < -0.3 is 5.32 Å². The summed E-state index contributed by atoms with van der Waals surface area (Å²) in [4.78, 5) is 16.1. The second-order valence-corrected chi connectivity index (χ2v) is 5.30. The second-order valence-electron chi connectivity index (χ2n) is 5.30. The van der Waals surface area contributed by atoms with Crippen LogP contribution in [0.3, 0.4) is 0 Å². The smallest absolute Gasteiger partial charge is 0.321 e. The van der Waals surface area contributed by atoms with Gasteiger partial charge in [-0.2, -0.15) is 18.3 Å². The van der Waals surface area contributed by atoms with Gasteiger partial charge in [-0.3, -0.25) is 4.79 Å². The zero-order chi connectivity index (χ0) is 18.6. The number of anilines is 1. The topological polar surface area (TPSA) is 59.8 Å². The predicted molar refractivity (Wildman–Crippen MR) is 90.5 cm³/mol. The van der Waals surface area contributed by atoms with E-state index in [-0.39, 0.29) is 5.56 Å². The number of rotatable bonds is 4. The van der Waals surface area contributed by atoms with Gasteiger partial charge in [0.1, 0.15) is 0 Å². The van der Waals surface area contributed by atoms with Gasteiger partial charge in [0.15, 0.2) is 5.82 Å². The molecule has 0 atom stereocenters. The van der Waals surface area contributed by atoms with Gasteiger partial charge in [0.25, 0.3) is 0 Å². The summed E-state index contributed by atoms with van der Waals surface area (Å²) in [6.07, 6.45) is 2.88. The van der Waals surface area contributed by atoms with Crippen molar-refractivity contribution in [3.63, 3.8) is 0 Å². The van der Waals surface area contributed by atoms with Crippen molar-refractivity contribution in [3.05, 3.63) is 78.3 Å². The number of halogens is 3. The van der Waals surface area contributed by atoms with Crippen LogP contribution in [0.2, 0.25) is 0 Å². The van der Waals surface area contributed by atoms with E-state index in [1.54, 1.807) is 35.3 Å². The van der Waals surface area contributed by atoms with Crippen molar-refractivity contribution in [2.75, 3.05) is 5.32 Å². The third-order valence-corrected chi connectivity index (χ3v) is 3.40. The molecule has 8 heteroatoms. The van der Waals surface area contributed by atoms with E-state index >= 15 is 0 Å². The molecule has 5 nitrogen and oxygen atoms in total. The maximum atomic E-state index is 12.7. The first-order chi connectivity index (χ1) is 12.4. The summed E-state index contributed by atoms with van der Waals surface area (Å²) in [6.45, 7) is 0. The second kappa shape index (κ2) is 7.22. The average molecular weight is 358 g/mol. The molecule has 3 rings (SSSR count). The van der Waals surface area contributed by atoms with Gasteiger partial charge in [0.2, 0.25) is 5.91 Å². The fraction of sp³-hybridized carbons (Fsp3) is 0.0556. The van der Waals surface area contributed by atoms with Crippen LogP contribution in [-0.2, 0) is 11.0 Å². The number of alkyl halides is 3. The van der Waals surface area contributed by atoms with Gasteiger partial charge >= 0.3 is 6.18 Å². The lowest BCUT2D eigenvalue weighted by Crippen LogP contribution is -2.08. The van der Waals surface area contributed by atoms with Crippen LogP contribution in [0.25, 0.3) is 11.9 Å². The number of carbonyl (C=O) groups is 1. The number of pyridine rings is 1. The van der Waals surface area contributed by atoms with Crippen molar-refractivity contribution in [2.45, 2.75) is 6.18 Å². The summed E-state index contributed by atoms with van der Waals surface area (Å²) in [6, 6.07) is 9.82. The largest absolute Gasteiger partial charge is 0.416 e. The Hall–Kier alpha value is -3.42. The van der Waals surface area contributed by atoms with E-state index in [4.69, 9.17) is 0 Å². The maximum Gasteiger partial charge on any atom is 0.416 e. The normalized spacial score (nSPS) is 11.7. The minimum absolute atomic E-state index is 0.280. The molecule has 0 unspecified atom stereocenters. The molecule has 2 aromatic heterocycles. The van der Waals surface area contributed by atoms with Gasteiger partial charge in [0.05, 0.1) is 17.4 Å². The molecular weight excluding hydrogens is 345 g/mol. The first kappa shape index (κ1) is 17.4. The standard InChI is InChI=1S/C18H13F3N4O/c19-18(20,21)14-4-1-3-13(11-14)5-8-17(26)24-15-6-7-16(22-12-15)25-10-2-9-23-25/h1-12H,(H,24,26)/b8-5+. The first-order valence-corrected chi connectivity index (χ1v) is 7.54. The SMILES string of the molecule is O=C(/C=C/c1cccc(C(F)(F)F)c1)Nc1ccc(-n2cccn2)nc1. The van der Waals surface area contributed by atoms with Gasteiger partial charge in [0, 0.05) is 18.5 Å². The third kappa shape index (κ3) is 4.35. The number of nitrogens with one attached hydrogen (secondary N) is 1. The molecule has 3 aromatic rings. The highest BCUT2D eigenvalue weighted by atomic mass is 19.4. The summed E-state index contributed by atoms with van der Waals surface area (Å²) < 4.78 is 39.6. The van der Waals surface area contributed by atoms with Crippen LogP contribution < -0.4 is 5.32 Å². The maximum absolute atomic E-state index is 12.7. The molecule has 0 radical (unpaired) electrons. The van der Waals surface area contributed by atoms with Crippen LogP contribution in [0.4, 0.5) is 18.9 Å². The van der Waals surface area contributed by atoms with E-state index in [1.165, 1.54) is 24.4 Å². The number of amides is 1.